The Kier molecular flexibility index (Phi) is 3.97. The molecule has 0 amide bonds. The van der Waals surface area contributed by atoms with Gasteiger partial charge in [-0.15, -0.1) is 0 Å². The molecule has 1 saturated heterocycles. The molecule has 3 heteroatoms. The molecule has 0 aromatic rings. The van der Waals surface area contributed by atoms with E-state index in [2.05, 4.69) is 11.9 Å². The molecule has 3 nitrogen and oxygen atoms in total. The third-order valence-electron chi connectivity index (χ3n) is 5.25. The Hall–Kier alpha value is -0.380. The maximum Gasteiger partial charge on any atom is 0.0690 e. The topological polar surface area (TPSA) is 30.5 Å². The highest BCUT2D eigenvalue weighted by atomic mass is 16.5. The maximum atomic E-state index is 6.00. The maximum absolute atomic E-state index is 6.00. The summed E-state index contributed by atoms with van der Waals surface area (Å²) in [7, 11) is 0. The van der Waals surface area contributed by atoms with Gasteiger partial charge in [0.05, 0.1) is 19.3 Å². The van der Waals surface area contributed by atoms with Crippen molar-refractivity contribution >= 4 is 0 Å². The van der Waals surface area contributed by atoms with E-state index in [-0.39, 0.29) is 0 Å². The van der Waals surface area contributed by atoms with Crippen LogP contribution in [0.25, 0.3) is 0 Å². The summed E-state index contributed by atoms with van der Waals surface area (Å²) in [6.45, 7) is 9.27. The van der Waals surface area contributed by atoms with Gasteiger partial charge in [0.2, 0.25) is 0 Å². The Labute approximate surface area is 116 Å². The van der Waals surface area contributed by atoms with Gasteiger partial charge in [0.1, 0.15) is 0 Å². The van der Waals surface area contributed by atoms with E-state index in [0.717, 1.165) is 31.2 Å². The van der Waals surface area contributed by atoms with Crippen molar-refractivity contribution < 1.29 is 9.47 Å². The summed E-state index contributed by atoms with van der Waals surface area (Å²) in [6, 6.07) is 0.677. The van der Waals surface area contributed by atoms with Gasteiger partial charge in [-0.2, -0.15) is 0 Å². The van der Waals surface area contributed by atoms with E-state index in [0.29, 0.717) is 24.2 Å². The van der Waals surface area contributed by atoms with Crippen molar-refractivity contribution in [2.45, 2.75) is 51.2 Å². The van der Waals surface area contributed by atoms with Crippen LogP contribution in [0.3, 0.4) is 0 Å². The predicted octanol–water partition coefficient (Wildman–Crippen LogP) is 2.52. The largest absolute Gasteiger partial charge is 0.377 e. The zero-order chi connectivity index (χ0) is 13.3. The first-order valence-electron chi connectivity index (χ1n) is 7.81. The van der Waals surface area contributed by atoms with Gasteiger partial charge in [-0.05, 0) is 26.2 Å². The van der Waals surface area contributed by atoms with Crippen LogP contribution in [0.4, 0.5) is 0 Å². The van der Waals surface area contributed by atoms with Gasteiger partial charge < -0.3 is 14.8 Å². The van der Waals surface area contributed by atoms with Gasteiger partial charge in [0.25, 0.3) is 0 Å². The zero-order valence-corrected chi connectivity index (χ0v) is 12.1. The molecule has 1 heterocycles. The molecule has 1 aliphatic heterocycles. The van der Waals surface area contributed by atoms with E-state index in [9.17, 15) is 0 Å². The molecular formula is C16H27NO2. The SMILES string of the molecule is C=C(C)COCCNC1C2CCOC2C12CCCC2. The molecule has 2 saturated carbocycles. The third kappa shape index (κ3) is 2.37. The smallest absolute Gasteiger partial charge is 0.0690 e. The van der Waals surface area contributed by atoms with E-state index in [1.807, 2.05) is 6.92 Å². The second-order valence-corrected chi connectivity index (χ2v) is 6.63. The molecule has 3 fully saturated rings. The van der Waals surface area contributed by atoms with Crippen LogP contribution in [0, 0.1) is 11.3 Å². The minimum absolute atomic E-state index is 0.468. The molecule has 1 spiro atoms. The molecule has 0 aromatic heterocycles. The second kappa shape index (κ2) is 5.55. The first-order chi connectivity index (χ1) is 9.24. The van der Waals surface area contributed by atoms with Crippen LogP contribution in [0.2, 0.25) is 0 Å². The minimum Gasteiger partial charge on any atom is -0.377 e. The van der Waals surface area contributed by atoms with E-state index < -0.39 is 0 Å². The Balaban J connectivity index is 1.48. The number of rotatable bonds is 6. The lowest BCUT2D eigenvalue weighted by atomic mass is 9.54. The third-order valence-corrected chi connectivity index (χ3v) is 5.25. The van der Waals surface area contributed by atoms with Crippen molar-refractivity contribution in [3.05, 3.63) is 12.2 Å². The van der Waals surface area contributed by atoms with Gasteiger partial charge in [-0.25, -0.2) is 0 Å². The summed E-state index contributed by atoms with van der Waals surface area (Å²) in [5.41, 5.74) is 1.57. The fraction of sp³-hybridized carbons (Fsp3) is 0.875. The molecule has 0 aromatic carbocycles. The van der Waals surface area contributed by atoms with Crippen molar-refractivity contribution in [1.82, 2.24) is 5.32 Å². The molecule has 3 unspecified atom stereocenters. The number of hydrogen-bond acceptors (Lipinski definition) is 3. The van der Waals surface area contributed by atoms with Crippen LogP contribution in [-0.2, 0) is 9.47 Å². The zero-order valence-electron chi connectivity index (χ0n) is 12.1. The quantitative estimate of drug-likeness (QED) is 0.591. The molecule has 2 aliphatic carbocycles. The summed E-state index contributed by atoms with van der Waals surface area (Å²) in [6.07, 6.45) is 7.30. The standard InChI is InChI=1S/C16H27NO2/c1-12(2)11-18-10-8-17-14-13-5-9-19-15(13)16(14)6-3-4-7-16/h13-15,17H,1,3-11H2,2H3. The van der Waals surface area contributed by atoms with Crippen LogP contribution in [0.15, 0.2) is 12.2 Å². The van der Waals surface area contributed by atoms with Crippen molar-refractivity contribution in [1.29, 1.82) is 0 Å². The Morgan fingerprint density at radius 3 is 2.95 bits per heavy atom. The molecule has 3 aliphatic rings. The molecule has 3 rings (SSSR count). The number of ether oxygens (including phenoxy) is 2. The molecule has 108 valence electrons. The molecule has 3 atom stereocenters. The number of nitrogens with one attached hydrogen (secondary N) is 1. The summed E-state index contributed by atoms with van der Waals surface area (Å²) in [4.78, 5) is 0. The van der Waals surface area contributed by atoms with Crippen LogP contribution in [0.5, 0.6) is 0 Å². The first kappa shape index (κ1) is 13.6. The predicted molar refractivity (Wildman–Crippen MR) is 76.2 cm³/mol. The Bertz CT molecular complexity index is 336. The first-order valence-corrected chi connectivity index (χ1v) is 7.81. The minimum atomic E-state index is 0.468. The summed E-state index contributed by atoms with van der Waals surface area (Å²) in [5, 5.41) is 3.76. The highest BCUT2D eigenvalue weighted by Crippen LogP contribution is 2.60. The van der Waals surface area contributed by atoms with Crippen molar-refractivity contribution in [3.8, 4) is 0 Å². The Morgan fingerprint density at radius 2 is 2.21 bits per heavy atom. The average molecular weight is 265 g/mol. The lowest BCUT2D eigenvalue weighted by Gasteiger charge is -2.57. The lowest BCUT2D eigenvalue weighted by molar-refractivity contribution is -0.131. The summed E-state index contributed by atoms with van der Waals surface area (Å²) >= 11 is 0. The highest BCUT2D eigenvalue weighted by molar-refractivity contribution is 5.16. The van der Waals surface area contributed by atoms with E-state index >= 15 is 0 Å². The molecular weight excluding hydrogens is 238 g/mol. The van der Waals surface area contributed by atoms with Crippen LogP contribution in [-0.4, -0.2) is 38.5 Å². The Morgan fingerprint density at radius 1 is 1.42 bits per heavy atom. The van der Waals surface area contributed by atoms with Gasteiger partial charge in [-0.1, -0.05) is 25.0 Å². The van der Waals surface area contributed by atoms with Crippen molar-refractivity contribution in [2.75, 3.05) is 26.4 Å². The molecule has 0 radical (unpaired) electrons. The average Bonchev–Trinajstić information content (AvgIpc) is 3.00. The fourth-order valence-corrected chi connectivity index (χ4v) is 4.54. The van der Waals surface area contributed by atoms with Gasteiger partial charge in [0, 0.05) is 30.5 Å². The van der Waals surface area contributed by atoms with Crippen LogP contribution >= 0.6 is 0 Å². The number of fused-ring (bicyclic) bond motifs is 2. The van der Waals surface area contributed by atoms with Crippen LogP contribution in [0.1, 0.15) is 39.0 Å². The monoisotopic (exact) mass is 265 g/mol. The van der Waals surface area contributed by atoms with E-state index in [1.54, 1.807) is 0 Å². The lowest BCUT2D eigenvalue weighted by Crippen LogP contribution is -2.67. The molecule has 19 heavy (non-hydrogen) atoms. The van der Waals surface area contributed by atoms with Gasteiger partial charge >= 0.3 is 0 Å². The number of hydrogen-bond donors (Lipinski definition) is 1. The summed E-state index contributed by atoms with van der Waals surface area (Å²) < 4.78 is 11.6. The van der Waals surface area contributed by atoms with Crippen molar-refractivity contribution in [3.63, 3.8) is 0 Å². The second-order valence-electron chi connectivity index (χ2n) is 6.63. The van der Waals surface area contributed by atoms with E-state index in [4.69, 9.17) is 9.47 Å². The fourth-order valence-electron chi connectivity index (χ4n) is 4.54. The van der Waals surface area contributed by atoms with Gasteiger partial charge in [0.15, 0.2) is 0 Å². The molecule has 0 bridgehead atoms. The highest BCUT2D eigenvalue weighted by Gasteiger charge is 2.64. The molecule has 1 N–H and O–H groups in total. The van der Waals surface area contributed by atoms with Crippen LogP contribution < -0.4 is 5.32 Å². The summed E-state index contributed by atoms with van der Waals surface area (Å²) in [5.74, 6) is 0.763. The van der Waals surface area contributed by atoms with Gasteiger partial charge in [-0.3, -0.25) is 0 Å². The van der Waals surface area contributed by atoms with E-state index in [1.165, 1.54) is 32.1 Å². The van der Waals surface area contributed by atoms with Crippen molar-refractivity contribution in [2.24, 2.45) is 11.3 Å². The normalized spacial score (nSPS) is 35.3.